The maximum atomic E-state index is 11.3. The molecule has 1 heterocycles. The molecule has 1 aromatic rings. The highest BCUT2D eigenvalue weighted by atomic mass is 16.6. The summed E-state index contributed by atoms with van der Waals surface area (Å²) in [5.74, 6) is 6.89. The zero-order valence-electron chi connectivity index (χ0n) is 14.8. The van der Waals surface area contributed by atoms with Gasteiger partial charge in [-0.2, -0.15) is 5.90 Å². The van der Waals surface area contributed by atoms with Crippen LogP contribution in [-0.2, 0) is 11.3 Å². The molecule has 1 aromatic carbocycles. The van der Waals surface area contributed by atoms with E-state index < -0.39 is 6.10 Å². The van der Waals surface area contributed by atoms with Gasteiger partial charge in [0.25, 0.3) is 0 Å². The highest BCUT2D eigenvalue weighted by Crippen LogP contribution is 2.49. The molecule has 1 aliphatic carbocycles. The fourth-order valence-electron chi connectivity index (χ4n) is 3.63. The van der Waals surface area contributed by atoms with Gasteiger partial charge in [0.1, 0.15) is 11.9 Å². The molecule has 1 aliphatic heterocycles. The van der Waals surface area contributed by atoms with Gasteiger partial charge in [-0.25, -0.2) is 0 Å². The largest absolute Gasteiger partial charge is 0.485 e. The average Bonchev–Trinajstić information content (AvgIpc) is 2.97. The number of nitrogens with zero attached hydrogens (tertiary/aromatic N) is 1. The molecule has 3 atom stereocenters. The molecule has 0 saturated carbocycles. The number of hydrogen-bond donors (Lipinski definition) is 2. The predicted octanol–water partition coefficient (Wildman–Crippen LogP) is 1.91. The van der Waals surface area contributed by atoms with Crippen molar-refractivity contribution >= 4 is 5.78 Å². The zero-order valence-corrected chi connectivity index (χ0v) is 14.8. The second-order valence-electron chi connectivity index (χ2n) is 6.77. The molecule has 0 aromatic heterocycles. The van der Waals surface area contributed by atoms with Crippen molar-refractivity contribution in [3.05, 3.63) is 35.4 Å². The number of Topliss-reactive ketones (excluding diaryl/α,β-unsaturated/α-hetero) is 1. The van der Waals surface area contributed by atoms with Crippen molar-refractivity contribution in [2.75, 3.05) is 13.1 Å². The van der Waals surface area contributed by atoms with Crippen molar-refractivity contribution < 1.29 is 19.5 Å². The van der Waals surface area contributed by atoms with Gasteiger partial charge < -0.3 is 14.7 Å². The Bertz CT molecular complexity index is 674. The quantitative estimate of drug-likeness (QED) is 0.579. The standard InChI is InChI=1S/C19H26N2O4/c1-3-21(9-8-12(2)22)11-13-4-7-16(25-20)19-18(13)15-6-5-14(23)10-17(15)24-19/h4-7,14-15,17,23H,3,8-11,20H2,1-2H3/t14-,15?,17?/m0/s1. The topological polar surface area (TPSA) is 85.0 Å². The first-order valence-corrected chi connectivity index (χ1v) is 8.80. The van der Waals surface area contributed by atoms with Crippen LogP contribution in [0, 0.1) is 0 Å². The number of aliphatic hydroxyl groups excluding tert-OH is 1. The third kappa shape index (κ3) is 3.71. The smallest absolute Gasteiger partial charge is 0.188 e. The van der Waals surface area contributed by atoms with Gasteiger partial charge in [-0.3, -0.25) is 9.69 Å². The predicted molar refractivity (Wildman–Crippen MR) is 94.4 cm³/mol. The number of benzene rings is 1. The monoisotopic (exact) mass is 346 g/mol. The van der Waals surface area contributed by atoms with Crippen molar-refractivity contribution in [1.29, 1.82) is 0 Å². The summed E-state index contributed by atoms with van der Waals surface area (Å²) in [6, 6.07) is 3.84. The second-order valence-corrected chi connectivity index (χ2v) is 6.77. The Morgan fingerprint density at radius 2 is 2.24 bits per heavy atom. The van der Waals surface area contributed by atoms with Crippen molar-refractivity contribution in [3.63, 3.8) is 0 Å². The van der Waals surface area contributed by atoms with Crippen LogP contribution >= 0.6 is 0 Å². The highest BCUT2D eigenvalue weighted by Gasteiger charge is 2.39. The molecule has 25 heavy (non-hydrogen) atoms. The van der Waals surface area contributed by atoms with Gasteiger partial charge in [-0.05, 0) is 25.1 Å². The van der Waals surface area contributed by atoms with Crippen LogP contribution in [0.2, 0.25) is 0 Å². The average molecular weight is 346 g/mol. The molecular weight excluding hydrogens is 320 g/mol. The molecule has 2 unspecified atom stereocenters. The summed E-state index contributed by atoms with van der Waals surface area (Å²) in [4.78, 5) is 18.5. The van der Waals surface area contributed by atoms with E-state index in [-0.39, 0.29) is 17.8 Å². The molecule has 0 spiro atoms. The number of aliphatic hydroxyl groups is 1. The third-order valence-corrected chi connectivity index (χ3v) is 5.02. The van der Waals surface area contributed by atoms with E-state index in [4.69, 9.17) is 15.5 Å². The lowest BCUT2D eigenvalue weighted by Crippen LogP contribution is -2.28. The van der Waals surface area contributed by atoms with Crippen LogP contribution in [0.15, 0.2) is 24.3 Å². The van der Waals surface area contributed by atoms with E-state index in [1.165, 1.54) is 0 Å². The lowest BCUT2D eigenvalue weighted by atomic mass is 9.85. The van der Waals surface area contributed by atoms with Crippen LogP contribution in [0.5, 0.6) is 11.5 Å². The molecule has 6 nitrogen and oxygen atoms in total. The van der Waals surface area contributed by atoms with Crippen molar-refractivity contribution in [2.24, 2.45) is 5.90 Å². The molecule has 0 fully saturated rings. The SMILES string of the molecule is CCN(CCC(C)=O)Cc1ccc(ON)c2c1C1C=C[C@H](O)CC1O2. The van der Waals surface area contributed by atoms with E-state index >= 15 is 0 Å². The first kappa shape index (κ1) is 17.9. The first-order valence-electron chi connectivity index (χ1n) is 8.80. The Labute approximate surface area is 148 Å². The van der Waals surface area contributed by atoms with Gasteiger partial charge in [-0.1, -0.05) is 25.1 Å². The molecule has 0 bridgehead atoms. The summed E-state index contributed by atoms with van der Waals surface area (Å²) in [7, 11) is 0. The van der Waals surface area contributed by atoms with Crippen molar-refractivity contribution in [3.8, 4) is 11.5 Å². The fourth-order valence-corrected chi connectivity index (χ4v) is 3.63. The number of rotatable bonds is 7. The fraction of sp³-hybridized carbons (Fsp3) is 0.526. The maximum Gasteiger partial charge on any atom is 0.188 e. The van der Waals surface area contributed by atoms with Crippen LogP contribution < -0.4 is 15.5 Å². The number of ketones is 1. The summed E-state index contributed by atoms with van der Waals surface area (Å²) >= 11 is 0. The number of nitrogens with two attached hydrogens (primary N) is 1. The summed E-state index contributed by atoms with van der Waals surface area (Å²) < 4.78 is 6.07. The minimum absolute atomic E-state index is 0.0926. The zero-order chi connectivity index (χ0) is 18.0. The normalized spacial score (nSPS) is 24.0. The van der Waals surface area contributed by atoms with Gasteiger partial charge in [0, 0.05) is 37.4 Å². The van der Waals surface area contributed by atoms with E-state index in [0.717, 1.165) is 30.8 Å². The Morgan fingerprint density at radius 1 is 1.44 bits per heavy atom. The van der Waals surface area contributed by atoms with Gasteiger partial charge in [0.05, 0.1) is 6.10 Å². The summed E-state index contributed by atoms with van der Waals surface area (Å²) in [5, 5.41) is 9.87. The van der Waals surface area contributed by atoms with E-state index in [1.807, 2.05) is 24.3 Å². The van der Waals surface area contributed by atoms with Gasteiger partial charge in [0.15, 0.2) is 11.5 Å². The van der Waals surface area contributed by atoms with E-state index in [1.54, 1.807) is 6.92 Å². The van der Waals surface area contributed by atoms with Crippen LogP contribution in [0.4, 0.5) is 0 Å². The molecule has 3 rings (SSSR count). The minimum atomic E-state index is -0.482. The molecule has 0 amide bonds. The summed E-state index contributed by atoms with van der Waals surface area (Å²) in [5.41, 5.74) is 2.23. The van der Waals surface area contributed by atoms with Crippen LogP contribution in [0.3, 0.4) is 0 Å². The summed E-state index contributed by atoms with van der Waals surface area (Å²) in [6.07, 6.45) is 4.37. The first-order chi connectivity index (χ1) is 12.0. The van der Waals surface area contributed by atoms with Crippen LogP contribution in [0.25, 0.3) is 0 Å². The lowest BCUT2D eigenvalue weighted by Gasteiger charge is -2.25. The molecule has 2 aliphatic rings. The Hall–Kier alpha value is -1.89. The van der Waals surface area contributed by atoms with Crippen LogP contribution in [0.1, 0.15) is 43.7 Å². The molecule has 3 N–H and O–H groups in total. The maximum absolute atomic E-state index is 11.3. The van der Waals surface area contributed by atoms with Crippen LogP contribution in [-0.4, -0.2) is 41.1 Å². The summed E-state index contributed by atoms with van der Waals surface area (Å²) in [6.45, 7) is 6.04. The number of carbonyl (C=O) groups is 1. The Kier molecular flexibility index (Phi) is 5.42. The highest BCUT2D eigenvalue weighted by molar-refractivity contribution is 5.75. The third-order valence-electron chi connectivity index (χ3n) is 5.02. The number of ether oxygens (including phenoxy) is 1. The van der Waals surface area contributed by atoms with Gasteiger partial charge >= 0.3 is 0 Å². The molecule has 6 heteroatoms. The van der Waals surface area contributed by atoms with E-state index in [2.05, 4.69) is 11.8 Å². The molecule has 0 radical (unpaired) electrons. The molecule has 0 saturated heterocycles. The Balaban J connectivity index is 1.90. The lowest BCUT2D eigenvalue weighted by molar-refractivity contribution is -0.117. The molecular formula is C19H26N2O4. The van der Waals surface area contributed by atoms with Gasteiger partial charge in [0.2, 0.25) is 0 Å². The van der Waals surface area contributed by atoms with E-state index in [9.17, 15) is 9.90 Å². The number of fused-ring (bicyclic) bond motifs is 3. The number of hydrogen-bond acceptors (Lipinski definition) is 6. The van der Waals surface area contributed by atoms with Crippen molar-refractivity contribution in [2.45, 2.75) is 51.4 Å². The second kappa shape index (κ2) is 7.56. The van der Waals surface area contributed by atoms with Gasteiger partial charge in [-0.15, -0.1) is 0 Å². The molecule has 136 valence electrons. The number of carbonyl (C=O) groups excluding carboxylic acids is 1. The van der Waals surface area contributed by atoms with Crippen molar-refractivity contribution in [1.82, 2.24) is 4.90 Å². The Morgan fingerprint density at radius 3 is 2.92 bits per heavy atom. The minimum Gasteiger partial charge on any atom is -0.485 e. The van der Waals surface area contributed by atoms with E-state index in [0.29, 0.717) is 24.3 Å².